The van der Waals surface area contributed by atoms with E-state index in [9.17, 15) is 9.59 Å². The second-order valence-electron chi connectivity index (χ2n) is 6.13. The molecule has 6 heteroatoms. The van der Waals surface area contributed by atoms with Gasteiger partial charge in [0.25, 0.3) is 0 Å². The van der Waals surface area contributed by atoms with E-state index in [2.05, 4.69) is 0 Å². The first-order chi connectivity index (χ1) is 12.6. The molecule has 0 aromatic heterocycles. The lowest BCUT2D eigenvalue weighted by Crippen LogP contribution is -2.44. The Balaban J connectivity index is 1.57. The van der Waals surface area contributed by atoms with E-state index in [0.717, 1.165) is 16.9 Å². The number of aliphatic carboxylic acids is 1. The summed E-state index contributed by atoms with van der Waals surface area (Å²) in [5, 5.41) is 8.79. The predicted molar refractivity (Wildman–Crippen MR) is 94.7 cm³/mol. The average molecular weight is 355 g/mol. The summed E-state index contributed by atoms with van der Waals surface area (Å²) in [6, 6.07) is 17.5. The largest absolute Gasteiger partial charge is 0.489 e. The van der Waals surface area contributed by atoms with Crippen molar-refractivity contribution < 1.29 is 24.2 Å². The average Bonchev–Trinajstić information content (AvgIpc) is 2.67. The first-order valence-electron chi connectivity index (χ1n) is 8.49. The van der Waals surface area contributed by atoms with Gasteiger partial charge < -0.3 is 19.5 Å². The fourth-order valence-corrected chi connectivity index (χ4v) is 2.79. The molecule has 0 radical (unpaired) electrons. The third-order valence-electron chi connectivity index (χ3n) is 4.24. The molecule has 0 aliphatic carbocycles. The molecule has 0 spiro atoms. The van der Waals surface area contributed by atoms with Gasteiger partial charge in [-0.25, -0.2) is 0 Å². The summed E-state index contributed by atoms with van der Waals surface area (Å²) in [7, 11) is 0. The second kappa shape index (κ2) is 8.49. The van der Waals surface area contributed by atoms with Gasteiger partial charge in [-0.05, 0) is 23.3 Å². The molecule has 0 unspecified atom stereocenters. The fourth-order valence-electron chi connectivity index (χ4n) is 2.79. The lowest BCUT2D eigenvalue weighted by Gasteiger charge is -2.32. The van der Waals surface area contributed by atoms with E-state index in [-0.39, 0.29) is 31.6 Å². The van der Waals surface area contributed by atoms with Gasteiger partial charge in [-0.2, -0.15) is 0 Å². The van der Waals surface area contributed by atoms with Crippen molar-refractivity contribution in [2.24, 2.45) is 0 Å². The van der Waals surface area contributed by atoms with E-state index in [4.69, 9.17) is 14.6 Å². The Labute approximate surface area is 152 Å². The molecule has 1 aliphatic heterocycles. The maximum Gasteiger partial charge on any atom is 0.305 e. The SMILES string of the molecule is O=C(O)CCN1C[C@H](c2ccc(OCc3ccccc3)cc2)OCC1=O. The van der Waals surface area contributed by atoms with E-state index < -0.39 is 5.97 Å². The Morgan fingerprint density at radius 1 is 1.15 bits per heavy atom. The third kappa shape index (κ3) is 4.83. The van der Waals surface area contributed by atoms with Gasteiger partial charge in [0, 0.05) is 6.54 Å². The molecule has 1 N–H and O–H groups in total. The normalized spacial score (nSPS) is 17.2. The van der Waals surface area contributed by atoms with Crippen LogP contribution in [0.4, 0.5) is 0 Å². The molecular weight excluding hydrogens is 334 g/mol. The summed E-state index contributed by atoms with van der Waals surface area (Å²) >= 11 is 0. The summed E-state index contributed by atoms with van der Waals surface area (Å²) in [6.07, 6.45) is -0.324. The van der Waals surface area contributed by atoms with Gasteiger partial charge in [0.15, 0.2) is 0 Å². The minimum atomic E-state index is -0.916. The quantitative estimate of drug-likeness (QED) is 0.826. The lowest BCUT2D eigenvalue weighted by atomic mass is 10.1. The Bertz CT molecular complexity index is 745. The molecule has 1 heterocycles. The van der Waals surface area contributed by atoms with Crippen LogP contribution < -0.4 is 4.74 Å². The van der Waals surface area contributed by atoms with Crippen LogP contribution in [0.2, 0.25) is 0 Å². The molecule has 26 heavy (non-hydrogen) atoms. The number of benzene rings is 2. The van der Waals surface area contributed by atoms with E-state index >= 15 is 0 Å². The molecule has 6 nitrogen and oxygen atoms in total. The first kappa shape index (κ1) is 17.9. The molecule has 136 valence electrons. The smallest absolute Gasteiger partial charge is 0.305 e. The Kier molecular flexibility index (Phi) is 5.86. The van der Waals surface area contributed by atoms with Crippen molar-refractivity contribution in [2.75, 3.05) is 19.7 Å². The molecule has 0 bridgehead atoms. The summed E-state index contributed by atoms with van der Waals surface area (Å²) in [4.78, 5) is 24.1. The summed E-state index contributed by atoms with van der Waals surface area (Å²) in [6.45, 7) is 1.02. The standard InChI is InChI=1S/C20H21NO5/c22-19-14-26-18(12-21(19)11-10-20(23)24)16-6-8-17(9-7-16)25-13-15-4-2-1-3-5-15/h1-9,18H,10-14H2,(H,23,24)/t18-/m1/s1. The summed E-state index contributed by atoms with van der Waals surface area (Å²) in [5.74, 6) is -0.335. The van der Waals surface area contributed by atoms with Crippen molar-refractivity contribution in [3.63, 3.8) is 0 Å². The highest BCUT2D eigenvalue weighted by molar-refractivity contribution is 5.79. The fraction of sp³-hybridized carbons (Fsp3) is 0.300. The molecule has 1 aliphatic rings. The van der Waals surface area contributed by atoms with Gasteiger partial charge in [0.2, 0.25) is 5.91 Å². The maximum atomic E-state index is 11.8. The number of carboxylic acids is 1. The van der Waals surface area contributed by atoms with Crippen LogP contribution in [0.15, 0.2) is 54.6 Å². The van der Waals surface area contributed by atoms with Crippen molar-refractivity contribution in [1.29, 1.82) is 0 Å². The van der Waals surface area contributed by atoms with Crippen LogP contribution in [0, 0.1) is 0 Å². The van der Waals surface area contributed by atoms with E-state index in [1.54, 1.807) is 4.90 Å². The first-order valence-corrected chi connectivity index (χ1v) is 8.49. The Hall–Kier alpha value is -2.86. The van der Waals surface area contributed by atoms with Crippen LogP contribution in [-0.4, -0.2) is 41.6 Å². The van der Waals surface area contributed by atoms with E-state index in [0.29, 0.717) is 13.2 Å². The molecule has 0 saturated carbocycles. The van der Waals surface area contributed by atoms with Crippen LogP contribution in [0.1, 0.15) is 23.7 Å². The van der Waals surface area contributed by atoms with Gasteiger partial charge in [-0.15, -0.1) is 0 Å². The number of hydrogen-bond acceptors (Lipinski definition) is 4. The molecule has 1 atom stereocenters. The van der Waals surface area contributed by atoms with Crippen molar-refractivity contribution in [3.8, 4) is 5.75 Å². The van der Waals surface area contributed by atoms with Crippen LogP contribution in [0.5, 0.6) is 5.75 Å². The zero-order chi connectivity index (χ0) is 18.4. The highest BCUT2D eigenvalue weighted by Gasteiger charge is 2.27. The molecule has 2 aromatic carbocycles. The predicted octanol–water partition coefficient (Wildman–Crippen LogP) is 2.64. The van der Waals surface area contributed by atoms with Gasteiger partial charge >= 0.3 is 5.97 Å². The number of rotatable bonds is 7. The van der Waals surface area contributed by atoms with Crippen LogP contribution in [0.25, 0.3) is 0 Å². The maximum absolute atomic E-state index is 11.8. The lowest BCUT2D eigenvalue weighted by molar-refractivity contribution is -0.150. The van der Waals surface area contributed by atoms with E-state index in [1.165, 1.54) is 0 Å². The number of carboxylic acid groups (broad SMARTS) is 1. The van der Waals surface area contributed by atoms with Crippen molar-refractivity contribution >= 4 is 11.9 Å². The minimum Gasteiger partial charge on any atom is -0.489 e. The highest BCUT2D eigenvalue weighted by atomic mass is 16.5. The molecule has 1 fully saturated rings. The van der Waals surface area contributed by atoms with E-state index in [1.807, 2.05) is 54.6 Å². The Morgan fingerprint density at radius 3 is 2.58 bits per heavy atom. The topological polar surface area (TPSA) is 76.1 Å². The summed E-state index contributed by atoms with van der Waals surface area (Å²) < 4.78 is 11.4. The van der Waals surface area contributed by atoms with Crippen LogP contribution in [0.3, 0.4) is 0 Å². The van der Waals surface area contributed by atoms with Crippen molar-refractivity contribution in [3.05, 3.63) is 65.7 Å². The number of carbonyl (C=O) groups is 2. The number of morpholine rings is 1. The van der Waals surface area contributed by atoms with Gasteiger partial charge in [0.1, 0.15) is 25.1 Å². The number of amides is 1. The number of carbonyl (C=O) groups excluding carboxylic acids is 1. The van der Waals surface area contributed by atoms with Gasteiger partial charge in [-0.3, -0.25) is 9.59 Å². The summed E-state index contributed by atoms with van der Waals surface area (Å²) in [5.41, 5.74) is 2.03. The Morgan fingerprint density at radius 2 is 1.88 bits per heavy atom. The second-order valence-corrected chi connectivity index (χ2v) is 6.13. The zero-order valence-corrected chi connectivity index (χ0v) is 14.3. The number of hydrogen-bond donors (Lipinski definition) is 1. The molecule has 3 rings (SSSR count). The molecular formula is C20H21NO5. The molecule has 1 saturated heterocycles. The van der Waals surface area contributed by atoms with Gasteiger partial charge in [-0.1, -0.05) is 42.5 Å². The minimum absolute atomic E-state index is 0.0312. The highest BCUT2D eigenvalue weighted by Crippen LogP contribution is 2.25. The zero-order valence-electron chi connectivity index (χ0n) is 14.3. The van der Waals surface area contributed by atoms with Crippen LogP contribution >= 0.6 is 0 Å². The molecule has 2 aromatic rings. The van der Waals surface area contributed by atoms with Crippen LogP contribution in [-0.2, 0) is 20.9 Å². The van der Waals surface area contributed by atoms with Crippen molar-refractivity contribution in [1.82, 2.24) is 4.90 Å². The molecule has 1 amide bonds. The third-order valence-corrected chi connectivity index (χ3v) is 4.24. The monoisotopic (exact) mass is 355 g/mol. The van der Waals surface area contributed by atoms with Gasteiger partial charge in [0.05, 0.1) is 13.0 Å². The van der Waals surface area contributed by atoms with Crippen molar-refractivity contribution in [2.45, 2.75) is 19.1 Å². The number of nitrogens with zero attached hydrogens (tertiary/aromatic N) is 1. The number of ether oxygens (including phenoxy) is 2.